The van der Waals surface area contributed by atoms with Crippen LogP contribution < -0.4 is 10.1 Å². The smallest absolute Gasteiger partial charge is 0.537 e. The van der Waals surface area contributed by atoms with Crippen molar-refractivity contribution in [3.8, 4) is 50.8 Å². The Kier molecular flexibility index (Phi) is 36.6. The summed E-state index contributed by atoms with van der Waals surface area (Å²) in [5, 5.41) is 74.3. The maximum absolute atomic E-state index is 9.96. The molecule has 0 aliphatic carbocycles. The average Bonchev–Trinajstić information content (AvgIpc) is 1.28. The van der Waals surface area contributed by atoms with Gasteiger partial charge in [0, 0.05) is 51.9 Å². The molecule has 0 unspecified atom stereocenters. The van der Waals surface area contributed by atoms with Crippen LogP contribution in [0.1, 0.15) is 91.9 Å². The van der Waals surface area contributed by atoms with Gasteiger partial charge < -0.3 is 44.7 Å². The molecule has 7 radical (unpaired) electrons. The van der Waals surface area contributed by atoms with Gasteiger partial charge in [-0.1, -0.05) is 246 Å². The topological polar surface area (TPSA) is 203 Å². The second kappa shape index (κ2) is 43.8. The van der Waals surface area contributed by atoms with E-state index in [0.717, 1.165) is 63.8 Å². The molecule has 0 bridgehead atoms. The summed E-state index contributed by atoms with van der Waals surface area (Å²) >= 11 is 20.9. The number of aliphatic hydroxyl groups is 6. The number of nitrogens with zero attached hydrogens (tertiary/aromatic N) is 3. The van der Waals surface area contributed by atoms with Crippen molar-refractivity contribution in [2.75, 3.05) is 7.15 Å². The van der Waals surface area contributed by atoms with Crippen LogP contribution in [0.15, 0.2) is 282 Å². The fourth-order valence-corrected chi connectivity index (χ4v) is 9.52. The Labute approximate surface area is 677 Å². The lowest BCUT2D eigenvalue weighted by Gasteiger charge is -2.31. The van der Waals surface area contributed by atoms with Crippen LogP contribution >= 0.6 is 50.7 Å². The quantitative estimate of drug-likeness (QED) is 0.0675. The first-order valence-electron chi connectivity index (χ1n) is 35.0. The fraction of sp³-hybridized carbons (Fsp3) is 0.225. The number of rotatable bonds is 9. The number of hydrogen-bond donors (Lipinski definition) is 7. The van der Waals surface area contributed by atoms with Gasteiger partial charge in [-0.2, -0.15) is 9.97 Å². The lowest BCUT2D eigenvalue weighted by atomic mass is 9.81. The van der Waals surface area contributed by atoms with E-state index in [2.05, 4.69) is 143 Å². The molecule has 12 nitrogen and oxygen atoms in total. The third-order valence-corrected chi connectivity index (χ3v) is 18.6. The van der Waals surface area contributed by atoms with Crippen LogP contribution in [0.5, 0.6) is 5.75 Å². The van der Waals surface area contributed by atoms with Gasteiger partial charge in [-0.3, -0.25) is 4.39 Å². The van der Waals surface area contributed by atoms with Crippen molar-refractivity contribution < 1.29 is 50.5 Å². The van der Waals surface area contributed by atoms with E-state index in [4.69, 9.17) is 88.8 Å². The van der Waals surface area contributed by atoms with E-state index in [0.29, 0.717) is 25.1 Å². The second-order valence-electron chi connectivity index (χ2n) is 27.7. The molecule has 7 N–H and O–H groups in total. The molecule has 14 rings (SSSR count). The highest BCUT2D eigenvalue weighted by molar-refractivity contribution is 9.10. The predicted octanol–water partition coefficient (Wildman–Crippen LogP) is 21.1. The van der Waals surface area contributed by atoms with Crippen LogP contribution in [0.4, 0.5) is 4.39 Å². The molecule has 2 aromatic heterocycles. The molecule has 0 aliphatic rings. The molecule has 0 atom stereocenters. The van der Waals surface area contributed by atoms with Gasteiger partial charge in [0.2, 0.25) is 5.28 Å². The van der Waals surface area contributed by atoms with Crippen LogP contribution in [-0.2, 0) is 0 Å². The van der Waals surface area contributed by atoms with Crippen molar-refractivity contribution in [3.63, 3.8) is 0 Å². The number of halogens is 5. The molecule has 2 heterocycles. The third-order valence-electron chi connectivity index (χ3n) is 17.4. The van der Waals surface area contributed by atoms with E-state index in [1.165, 1.54) is 43.8 Å². The summed E-state index contributed by atoms with van der Waals surface area (Å²) in [5.41, 5.74) is 2.98. The molecule has 567 valence electrons. The molecule has 0 saturated carbocycles. The Hall–Kier alpha value is -8.71. The van der Waals surface area contributed by atoms with E-state index in [-0.39, 0.29) is 12.7 Å². The molecule has 0 fully saturated rings. The van der Waals surface area contributed by atoms with Crippen molar-refractivity contribution >= 4 is 141 Å². The highest BCUT2D eigenvalue weighted by Gasteiger charge is 2.33. The van der Waals surface area contributed by atoms with E-state index in [1.807, 2.05) is 176 Å². The monoisotopic (exact) mass is 1600 g/mol. The molecule has 0 amide bonds. The van der Waals surface area contributed by atoms with E-state index in [9.17, 15) is 4.39 Å². The molecule has 0 aliphatic heterocycles. The number of hydrogen-bond acceptors (Lipinski definition) is 12. The number of fused-ring (bicyclic) bond motifs is 6. The fourth-order valence-electron chi connectivity index (χ4n) is 8.85. The van der Waals surface area contributed by atoms with Crippen molar-refractivity contribution in [1.29, 1.82) is 0 Å². The van der Waals surface area contributed by atoms with E-state index in [1.54, 1.807) is 83.1 Å². The summed E-state index contributed by atoms with van der Waals surface area (Å²) in [6.07, 6.45) is 0. The molecule has 14 aromatic rings. The second-order valence-corrected chi connectivity index (χ2v) is 29.8. The predicted molar refractivity (Wildman–Crippen MR) is 467 cm³/mol. The van der Waals surface area contributed by atoms with Crippen molar-refractivity contribution in [2.24, 2.45) is 0 Å². The van der Waals surface area contributed by atoms with Crippen LogP contribution in [0.25, 0.3) is 99.3 Å². The van der Waals surface area contributed by atoms with Gasteiger partial charge in [0.25, 0.3) is 0 Å². The van der Waals surface area contributed by atoms with Gasteiger partial charge in [-0.05, 0) is 228 Å². The summed E-state index contributed by atoms with van der Waals surface area (Å²) in [7, 11) is 13.4. The Bertz CT molecular complexity index is 4860. The largest absolute Gasteiger partial charge is 0.569 e. The lowest BCUT2D eigenvalue weighted by molar-refractivity contribution is -0.107. The molecule has 0 saturated heterocycles. The number of aromatic nitrogens is 3. The van der Waals surface area contributed by atoms with Crippen molar-refractivity contribution in [1.82, 2.24) is 15.0 Å². The summed E-state index contributed by atoms with van der Waals surface area (Å²) in [4.78, 5) is 13.1. The molecule has 21 heteroatoms. The number of benzene rings is 12. The first-order valence-corrected chi connectivity index (χ1v) is 36.2. The van der Waals surface area contributed by atoms with E-state index >= 15 is 0 Å². The maximum atomic E-state index is 9.96. The molecule has 0 spiro atoms. The number of furan rings is 1. The van der Waals surface area contributed by atoms with Gasteiger partial charge in [0.1, 0.15) is 24.8 Å². The number of para-hydroxylation sites is 1. The van der Waals surface area contributed by atoms with Gasteiger partial charge in [0.15, 0.2) is 11.6 Å². The van der Waals surface area contributed by atoms with Crippen molar-refractivity contribution in [2.45, 2.75) is 124 Å². The minimum absolute atomic E-state index is 0. The first kappa shape index (κ1) is 91.9. The van der Waals surface area contributed by atoms with E-state index < -0.39 is 40.8 Å². The van der Waals surface area contributed by atoms with Crippen LogP contribution in [0.3, 0.4) is 0 Å². The normalized spacial score (nSPS) is 11.1. The van der Waals surface area contributed by atoms with Gasteiger partial charge in [-0.25, -0.2) is 4.98 Å². The average molecular weight is 1600 g/mol. The zero-order valence-corrected chi connectivity index (χ0v) is 67.0. The summed E-state index contributed by atoms with van der Waals surface area (Å²) in [6, 6.07) is 90.4. The molecule has 12 aromatic carbocycles. The standard InChI is InChI=1S/C21H12ClN3O.C16H11B.C16H11Cl.C10H8BO2.C6H4BrCl.3C6H14O2.CH3F.CH4.B2/c22-21-24-19(13-6-2-1-3-7-13)23-20(25-21)14-10-11-16-15-8-4-5-9-17(15)26-18(16)12-14;2*17-16-9-7-13(8-10-16)15-6-5-12-3-1-2-4-14(12)11-15;12-11-13-10-6-5-8-3-1-2-4-9(8)7-10;7-5-1-3-6(8)4-2-5;3*1-5(2,7)6(3,4)8;1-2;;1-2/h1-12H;2*1-11H;1-7,12H;1-4H;3*7-8H,1-4H3;1H3;1H4;/i;;;;;;;;1D;;. The molecular formula is C89H95B4BrCl3FN3O9. The first-order chi connectivity index (χ1) is 51.8. The van der Waals surface area contributed by atoms with Crippen LogP contribution in [-0.4, -0.2) is 122 Å². The minimum Gasteiger partial charge on any atom is -0.537 e. The Balaban J connectivity index is 0.000000276. The lowest BCUT2D eigenvalue weighted by Crippen LogP contribution is -2.44. The number of alkyl halides is 1. The van der Waals surface area contributed by atoms with Crippen molar-refractivity contribution in [3.05, 3.63) is 293 Å². The summed E-state index contributed by atoms with van der Waals surface area (Å²) < 4.78 is 27.4. The Morgan fingerprint density at radius 2 is 0.727 bits per heavy atom. The maximum Gasteiger partial charge on any atom is 0.569 e. The zero-order chi connectivity index (χ0) is 81.6. The Morgan fingerprint density at radius 1 is 0.391 bits per heavy atom. The Morgan fingerprint density at radius 3 is 1.15 bits per heavy atom. The molecular weight excluding hydrogens is 1500 g/mol. The highest BCUT2D eigenvalue weighted by Crippen LogP contribution is 2.33. The molecule has 110 heavy (non-hydrogen) atoms. The highest BCUT2D eigenvalue weighted by atomic mass is 79.9. The van der Waals surface area contributed by atoms with Crippen LogP contribution in [0.2, 0.25) is 15.3 Å². The summed E-state index contributed by atoms with van der Waals surface area (Å²) in [5.74, 6) is 1.71. The minimum atomic E-state index is -1.01. The SMILES string of the molecule is C.CC(C)(O)C(C)(C)O.CC(C)(O)C(C)(C)O.CC(C)(O)C(C)(C)O.Clc1ccc(-c2ccc3ccccc3c2)cc1.Clc1ccc(Br)cc1.Clc1nc(-c2ccccc2)nc(-c2ccc3c(c2)oc2ccccc23)n1.O[B]Oc1ccc2ccccc2c1.[2H]CF.[B][B].[B]c1ccc(-c2ccc3ccccc3c2)cc1. The van der Waals surface area contributed by atoms with Gasteiger partial charge in [0.05, 0.1) is 42.1 Å². The zero-order valence-electron chi connectivity index (χ0n) is 64.2. The van der Waals surface area contributed by atoms with Gasteiger partial charge in [-0.15, -0.1) is 0 Å². The third kappa shape index (κ3) is 29.8. The van der Waals surface area contributed by atoms with Crippen LogP contribution in [0, 0.1) is 0 Å². The van der Waals surface area contributed by atoms with Gasteiger partial charge >= 0.3 is 7.69 Å². The summed E-state index contributed by atoms with van der Waals surface area (Å²) in [6.45, 7) is 18.9.